The molecule has 112 valence electrons. The first-order valence-corrected chi connectivity index (χ1v) is 6.74. The van der Waals surface area contributed by atoms with Crippen molar-refractivity contribution in [3.05, 3.63) is 29.3 Å². The van der Waals surface area contributed by atoms with Gasteiger partial charge in [-0.25, -0.2) is 0 Å². The second kappa shape index (κ2) is 5.28. The van der Waals surface area contributed by atoms with Gasteiger partial charge in [0.1, 0.15) is 5.75 Å². The Balaban J connectivity index is 2.19. The summed E-state index contributed by atoms with van der Waals surface area (Å²) < 4.78 is 42.7. The van der Waals surface area contributed by atoms with Gasteiger partial charge in [0.2, 0.25) is 0 Å². The quantitative estimate of drug-likeness (QED) is 0.905. The van der Waals surface area contributed by atoms with E-state index in [0.717, 1.165) is 16.9 Å². The summed E-state index contributed by atoms with van der Waals surface area (Å²) in [5, 5.41) is 2.97. The molecule has 0 spiro atoms. The van der Waals surface area contributed by atoms with Gasteiger partial charge in [0.15, 0.2) is 0 Å². The van der Waals surface area contributed by atoms with Crippen molar-refractivity contribution in [2.24, 2.45) is 0 Å². The molecule has 1 aromatic rings. The van der Waals surface area contributed by atoms with Gasteiger partial charge in [-0.15, -0.1) is 0 Å². The smallest absolute Gasteiger partial charge is 0.389 e. The van der Waals surface area contributed by atoms with Crippen molar-refractivity contribution in [2.45, 2.75) is 44.3 Å². The van der Waals surface area contributed by atoms with Crippen molar-refractivity contribution in [1.82, 2.24) is 5.32 Å². The fourth-order valence-corrected chi connectivity index (χ4v) is 2.54. The van der Waals surface area contributed by atoms with Crippen molar-refractivity contribution >= 4 is 0 Å². The molecular formula is C15H20F3NO. The van der Waals surface area contributed by atoms with Gasteiger partial charge in [-0.1, -0.05) is 19.9 Å². The molecule has 0 saturated heterocycles. The van der Waals surface area contributed by atoms with E-state index in [-0.39, 0.29) is 17.9 Å². The molecule has 1 unspecified atom stereocenters. The first-order valence-electron chi connectivity index (χ1n) is 6.74. The van der Waals surface area contributed by atoms with E-state index < -0.39 is 12.6 Å². The van der Waals surface area contributed by atoms with Crippen molar-refractivity contribution in [3.8, 4) is 5.75 Å². The number of hydrogen-bond donors (Lipinski definition) is 1. The zero-order valence-corrected chi connectivity index (χ0v) is 12.0. The Bertz CT molecular complexity index is 482. The monoisotopic (exact) mass is 287 g/mol. The normalized spacial score (nSPS) is 18.5. The molecule has 1 heterocycles. The summed E-state index contributed by atoms with van der Waals surface area (Å²) in [6.45, 7) is 4.76. The maximum Gasteiger partial charge on any atom is 0.389 e. The van der Waals surface area contributed by atoms with Crippen molar-refractivity contribution < 1.29 is 17.9 Å². The van der Waals surface area contributed by atoms with Gasteiger partial charge in [-0.05, 0) is 31.2 Å². The molecule has 1 aromatic carbocycles. The van der Waals surface area contributed by atoms with Gasteiger partial charge in [0.05, 0.1) is 6.61 Å². The van der Waals surface area contributed by atoms with Crippen LogP contribution in [0.5, 0.6) is 5.75 Å². The predicted molar refractivity (Wildman–Crippen MR) is 72.1 cm³/mol. The van der Waals surface area contributed by atoms with E-state index in [9.17, 15) is 13.2 Å². The number of rotatable bonds is 4. The Morgan fingerprint density at radius 1 is 1.35 bits per heavy atom. The molecule has 0 amide bonds. The first-order chi connectivity index (χ1) is 9.23. The number of benzene rings is 1. The standard InChI is InChI=1S/C15H20F3NO/c1-14(2)9-20-13-5-4-10(8-11(13)14)12(19-3)6-7-15(16,17)18/h4-5,8,12,19H,6-7,9H2,1-3H3. The number of hydrogen-bond acceptors (Lipinski definition) is 2. The van der Waals surface area contributed by atoms with Gasteiger partial charge in [-0.2, -0.15) is 13.2 Å². The molecule has 1 N–H and O–H groups in total. The summed E-state index contributed by atoms with van der Waals surface area (Å²) >= 11 is 0. The highest BCUT2D eigenvalue weighted by molar-refractivity contribution is 5.45. The lowest BCUT2D eigenvalue weighted by Gasteiger charge is -2.20. The minimum atomic E-state index is -4.12. The van der Waals surface area contributed by atoms with Gasteiger partial charge < -0.3 is 10.1 Å². The van der Waals surface area contributed by atoms with Gasteiger partial charge in [0, 0.05) is 23.4 Å². The van der Waals surface area contributed by atoms with E-state index in [4.69, 9.17) is 4.74 Å². The summed E-state index contributed by atoms with van der Waals surface area (Å²) in [7, 11) is 1.69. The van der Waals surface area contributed by atoms with Crippen LogP contribution in [0.4, 0.5) is 13.2 Å². The number of halogens is 3. The average Bonchev–Trinajstić information content (AvgIpc) is 2.65. The molecule has 2 rings (SSSR count). The Kier molecular flexibility index (Phi) is 4.00. The van der Waals surface area contributed by atoms with Crippen LogP contribution in [-0.4, -0.2) is 19.8 Å². The first kappa shape index (κ1) is 15.2. The van der Waals surface area contributed by atoms with Gasteiger partial charge in [0.25, 0.3) is 0 Å². The summed E-state index contributed by atoms with van der Waals surface area (Å²) in [5.74, 6) is 0.837. The van der Waals surface area contributed by atoms with Crippen molar-refractivity contribution in [2.75, 3.05) is 13.7 Å². The fourth-order valence-electron chi connectivity index (χ4n) is 2.54. The van der Waals surface area contributed by atoms with E-state index in [1.54, 1.807) is 7.05 Å². The van der Waals surface area contributed by atoms with Gasteiger partial charge >= 0.3 is 6.18 Å². The van der Waals surface area contributed by atoms with Crippen LogP contribution in [0.1, 0.15) is 43.9 Å². The molecule has 0 saturated carbocycles. The van der Waals surface area contributed by atoms with Crippen molar-refractivity contribution in [3.63, 3.8) is 0 Å². The second-order valence-corrected chi connectivity index (χ2v) is 5.92. The highest BCUT2D eigenvalue weighted by Crippen LogP contribution is 2.40. The number of nitrogens with one attached hydrogen (secondary N) is 1. The predicted octanol–water partition coefficient (Wildman–Crippen LogP) is 3.96. The molecule has 0 radical (unpaired) electrons. The van der Waals surface area contributed by atoms with Crippen LogP contribution >= 0.6 is 0 Å². The topological polar surface area (TPSA) is 21.3 Å². The molecule has 1 aliphatic rings. The third-order valence-electron chi connectivity index (χ3n) is 3.79. The molecular weight excluding hydrogens is 267 g/mol. The van der Waals surface area contributed by atoms with Crippen LogP contribution in [0.25, 0.3) is 0 Å². The highest BCUT2D eigenvalue weighted by Gasteiger charge is 2.33. The Hall–Kier alpha value is -1.23. The number of alkyl halides is 3. The van der Waals surface area contributed by atoms with Crippen molar-refractivity contribution in [1.29, 1.82) is 0 Å². The molecule has 0 bridgehead atoms. The molecule has 0 aliphatic carbocycles. The molecule has 5 heteroatoms. The maximum atomic E-state index is 12.4. The Labute approximate surface area is 117 Å². The molecule has 0 fully saturated rings. The summed E-state index contributed by atoms with van der Waals surface area (Å²) in [6.07, 6.45) is -4.86. The van der Waals surface area contributed by atoms with Gasteiger partial charge in [-0.3, -0.25) is 0 Å². The zero-order valence-electron chi connectivity index (χ0n) is 12.0. The zero-order chi connectivity index (χ0) is 15.0. The SMILES string of the molecule is CNC(CCC(F)(F)F)c1ccc2c(c1)C(C)(C)CO2. The lowest BCUT2D eigenvalue weighted by Crippen LogP contribution is -2.21. The molecule has 0 aromatic heterocycles. The van der Waals surface area contributed by atoms with Crippen LogP contribution in [0.3, 0.4) is 0 Å². The highest BCUT2D eigenvalue weighted by atomic mass is 19.4. The summed E-state index contributed by atoms with van der Waals surface area (Å²) in [4.78, 5) is 0. The molecule has 2 nitrogen and oxygen atoms in total. The summed E-state index contributed by atoms with van der Waals surface area (Å²) in [5.41, 5.74) is 1.87. The largest absolute Gasteiger partial charge is 0.492 e. The third kappa shape index (κ3) is 3.26. The van der Waals surface area contributed by atoms with Crippen LogP contribution in [0, 0.1) is 0 Å². The minimum absolute atomic E-state index is 0.0417. The number of fused-ring (bicyclic) bond motifs is 1. The Morgan fingerprint density at radius 2 is 2.05 bits per heavy atom. The van der Waals surface area contributed by atoms with Crippen LogP contribution in [0.15, 0.2) is 18.2 Å². The van der Waals surface area contributed by atoms with E-state index in [1.807, 2.05) is 18.2 Å². The Morgan fingerprint density at radius 3 is 2.65 bits per heavy atom. The fraction of sp³-hybridized carbons (Fsp3) is 0.600. The second-order valence-electron chi connectivity index (χ2n) is 5.92. The molecule has 20 heavy (non-hydrogen) atoms. The molecule has 1 aliphatic heterocycles. The van der Waals surface area contributed by atoms with E-state index in [1.165, 1.54) is 0 Å². The number of ether oxygens (including phenoxy) is 1. The van der Waals surface area contributed by atoms with E-state index in [0.29, 0.717) is 6.61 Å². The van der Waals surface area contributed by atoms with Crippen LogP contribution in [-0.2, 0) is 5.41 Å². The minimum Gasteiger partial charge on any atom is -0.492 e. The average molecular weight is 287 g/mol. The third-order valence-corrected chi connectivity index (χ3v) is 3.79. The van der Waals surface area contributed by atoms with E-state index >= 15 is 0 Å². The maximum absolute atomic E-state index is 12.4. The lowest BCUT2D eigenvalue weighted by molar-refractivity contribution is -0.136. The molecule has 1 atom stereocenters. The van der Waals surface area contributed by atoms with Crippen LogP contribution in [0.2, 0.25) is 0 Å². The summed E-state index contributed by atoms with van der Waals surface area (Å²) in [6, 6.07) is 5.38. The van der Waals surface area contributed by atoms with Crippen LogP contribution < -0.4 is 10.1 Å². The van der Waals surface area contributed by atoms with E-state index in [2.05, 4.69) is 19.2 Å². The lowest BCUT2D eigenvalue weighted by atomic mass is 9.85.